The molecule has 0 aromatic heterocycles. The number of esters is 1. The van der Waals surface area contributed by atoms with E-state index in [9.17, 15) is 27.6 Å². The number of benzene rings is 2. The first-order valence-corrected chi connectivity index (χ1v) is 9.53. The summed E-state index contributed by atoms with van der Waals surface area (Å²) >= 11 is 0. The minimum Gasteiger partial charge on any atom is -0.452 e. The van der Waals surface area contributed by atoms with Gasteiger partial charge in [0.15, 0.2) is 24.1 Å². The van der Waals surface area contributed by atoms with Gasteiger partial charge in [0, 0.05) is 12.2 Å². The predicted molar refractivity (Wildman–Crippen MR) is 108 cm³/mol. The van der Waals surface area contributed by atoms with Crippen molar-refractivity contribution in [2.24, 2.45) is 0 Å². The zero-order chi connectivity index (χ0) is 22.8. The average Bonchev–Trinajstić information content (AvgIpc) is 2.77. The number of amides is 2. The lowest BCUT2D eigenvalue weighted by atomic mass is 10.1. The van der Waals surface area contributed by atoms with E-state index in [1.54, 1.807) is 24.3 Å². The van der Waals surface area contributed by atoms with Crippen LogP contribution in [0, 0.1) is 17.5 Å². The van der Waals surface area contributed by atoms with Crippen molar-refractivity contribution in [2.75, 3.05) is 30.3 Å². The Morgan fingerprint density at radius 1 is 0.935 bits per heavy atom. The van der Waals surface area contributed by atoms with E-state index < -0.39 is 54.1 Å². The summed E-state index contributed by atoms with van der Waals surface area (Å²) in [5.74, 6) is -7.05. The normalized spacial score (nSPS) is 10.3. The molecule has 0 heterocycles. The second-order valence-corrected chi connectivity index (χ2v) is 6.45. The molecule has 3 N–H and O–H groups in total. The molecule has 0 saturated carbocycles. The van der Waals surface area contributed by atoms with Crippen molar-refractivity contribution in [3.05, 3.63) is 59.4 Å². The van der Waals surface area contributed by atoms with Gasteiger partial charge in [-0.05, 0) is 30.7 Å². The second-order valence-electron chi connectivity index (χ2n) is 6.45. The van der Waals surface area contributed by atoms with E-state index in [2.05, 4.69) is 10.6 Å². The second kappa shape index (κ2) is 11.6. The molecule has 10 heteroatoms. The van der Waals surface area contributed by atoms with Gasteiger partial charge in [-0.1, -0.05) is 25.5 Å². The quantitative estimate of drug-likeness (QED) is 0.301. The van der Waals surface area contributed by atoms with Gasteiger partial charge in [-0.2, -0.15) is 0 Å². The van der Waals surface area contributed by atoms with Crippen LogP contribution >= 0.6 is 0 Å². The maximum atomic E-state index is 13.5. The molecule has 0 aliphatic carbocycles. The third-order valence-corrected chi connectivity index (χ3v) is 4.08. The molecule has 2 aromatic carbocycles. The topological polar surface area (TPSA) is 96.5 Å². The van der Waals surface area contributed by atoms with Crippen molar-refractivity contribution in [1.82, 2.24) is 5.32 Å². The highest BCUT2D eigenvalue weighted by molar-refractivity contribution is 5.97. The minimum absolute atomic E-state index is 0.262. The molecule has 166 valence electrons. The van der Waals surface area contributed by atoms with Crippen LogP contribution in [0.25, 0.3) is 0 Å². The first-order valence-electron chi connectivity index (χ1n) is 9.53. The Morgan fingerprint density at radius 3 is 2.42 bits per heavy atom. The van der Waals surface area contributed by atoms with Gasteiger partial charge in [-0.15, -0.1) is 0 Å². The summed E-state index contributed by atoms with van der Waals surface area (Å²) in [7, 11) is 0. The molecule has 0 aliphatic rings. The summed E-state index contributed by atoms with van der Waals surface area (Å²) in [6.45, 7) is 1.48. The predicted octanol–water partition coefficient (Wildman–Crippen LogP) is 3.23. The van der Waals surface area contributed by atoms with Gasteiger partial charge in [0.05, 0.1) is 17.8 Å². The van der Waals surface area contributed by atoms with E-state index in [-0.39, 0.29) is 5.56 Å². The van der Waals surface area contributed by atoms with E-state index in [1.165, 1.54) is 0 Å². The molecule has 0 radical (unpaired) electrons. The molecule has 2 rings (SSSR count). The molecule has 0 unspecified atom stereocenters. The molecule has 7 nitrogen and oxygen atoms in total. The molecular formula is C21H22F3N3O4. The summed E-state index contributed by atoms with van der Waals surface area (Å²) < 4.78 is 44.6. The summed E-state index contributed by atoms with van der Waals surface area (Å²) in [6.07, 6.45) is 1.90. The summed E-state index contributed by atoms with van der Waals surface area (Å²) in [6, 6.07) is 8.18. The molecule has 2 aromatic rings. The van der Waals surface area contributed by atoms with Crippen LogP contribution in [0.3, 0.4) is 0 Å². The summed E-state index contributed by atoms with van der Waals surface area (Å²) in [5, 5.41) is 7.30. The summed E-state index contributed by atoms with van der Waals surface area (Å²) in [5.41, 5.74) is 0.268. The van der Waals surface area contributed by atoms with Crippen LogP contribution in [0.5, 0.6) is 0 Å². The zero-order valence-corrected chi connectivity index (χ0v) is 16.8. The maximum absolute atomic E-state index is 13.5. The number of anilines is 2. The third-order valence-electron chi connectivity index (χ3n) is 4.08. The maximum Gasteiger partial charge on any atom is 0.340 e. The Morgan fingerprint density at radius 2 is 1.68 bits per heavy atom. The lowest BCUT2D eigenvalue weighted by Crippen LogP contribution is -2.35. The Bertz CT molecular complexity index is 953. The van der Waals surface area contributed by atoms with Gasteiger partial charge in [0.1, 0.15) is 0 Å². The van der Waals surface area contributed by atoms with Crippen LogP contribution in [-0.4, -0.2) is 37.5 Å². The highest BCUT2D eigenvalue weighted by atomic mass is 19.2. The standard InChI is InChI=1S/C21H22F3N3O4/c1-2-3-10-25-15-7-5-4-6-13(15)21(30)31-12-18(29)26-11-17(28)27-16-9-8-14(22)19(23)20(16)24/h4-9,25H,2-3,10-12H2,1H3,(H,26,29)(H,27,28). The van der Waals surface area contributed by atoms with Gasteiger partial charge < -0.3 is 20.7 Å². The zero-order valence-electron chi connectivity index (χ0n) is 16.8. The van der Waals surface area contributed by atoms with Crippen molar-refractivity contribution < 1.29 is 32.3 Å². The average molecular weight is 437 g/mol. The molecule has 0 fully saturated rings. The monoisotopic (exact) mass is 437 g/mol. The van der Waals surface area contributed by atoms with E-state index in [0.29, 0.717) is 18.3 Å². The fraction of sp³-hybridized carbons (Fsp3) is 0.286. The van der Waals surface area contributed by atoms with Gasteiger partial charge >= 0.3 is 5.97 Å². The fourth-order valence-corrected chi connectivity index (χ4v) is 2.47. The van der Waals surface area contributed by atoms with Crippen LogP contribution in [0.2, 0.25) is 0 Å². The number of rotatable bonds is 10. The van der Waals surface area contributed by atoms with E-state index in [0.717, 1.165) is 18.9 Å². The van der Waals surface area contributed by atoms with Crippen LogP contribution in [0.4, 0.5) is 24.5 Å². The molecule has 0 spiro atoms. The first-order chi connectivity index (χ1) is 14.8. The van der Waals surface area contributed by atoms with Crippen LogP contribution in [-0.2, 0) is 14.3 Å². The van der Waals surface area contributed by atoms with Crippen molar-refractivity contribution >= 4 is 29.2 Å². The van der Waals surface area contributed by atoms with Crippen molar-refractivity contribution in [3.63, 3.8) is 0 Å². The van der Waals surface area contributed by atoms with E-state index >= 15 is 0 Å². The Hall–Kier alpha value is -3.56. The van der Waals surface area contributed by atoms with Crippen molar-refractivity contribution in [1.29, 1.82) is 0 Å². The first kappa shape index (κ1) is 23.7. The molecular weight excluding hydrogens is 415 g/mol. The smallest absolute Gasteiger partial charge is 0.340 e. The SMILES string of the molecule is CCCCNc1ccccc1C(=O)OCC(=O)NCC(=O)Nc1ccc(F)c(F)c1F. The number of hydrogen-bond acceptors (Lipinski definition) is 5. The molecule has 0 aliphatic heterocycles. The number of para-hydroxylation sites is 1. The van der Waals surface area contributed by atoms with Gasteiger partial charge in [0.25, 0.3) is 5.91 Å². The Kier molecular flexibility index (Phi) is 8.86. The number of carbonyl (C=O) groups excluding carboxylic acids is 3. The fourth-order valence-electron chi connectivity index (χ4n) is 2.47. The third kappa shape index (κ3) is 7.02. The van der Waals surface area contributed by atoms with Gasteiger partial charge in [0.2, 0.25) is 5.91 Å². The summed E-state index contributed by atoms with van der Waals surface area (Å²) in [4.78, 5) is 35.8. The Labute approximate surface area is 177 Å². The number of nitrogens with one attached hydrogen (secondary N) is 3. The lowest BCUT2D eigenvalue weighted by Gasteiger charge is -2.12. The van der Waals surface area contributed by atoms with Crippen LogP contribution in [0.1, 0.15) is 30.1 Å². The largest absolute Gasteiger partial charge is 0.452 e. The molecule has 0 bridgehead atoms. The number of carbonyl (C=O) groups is 3. The highest BCUT2D eigenvalue weighted by Gasteiger charge is 2.17. The molecule has 0 atom stereocenters. The van der Waals surface area contributed by atoms with E-state index in [4.69, 9.17) is 4.74 Å². The van der Waals surface area contributed by atoms with Gasteiger partial charge in [-0.3, -0.25) is 9.59 Å². The number of hydrogen-bond donors (Lipinski definition) is 3. The molecule has 2 amide bonds. The number of ether oxygens (including phenoxy) is 1. The Balaban J connectivity index is 1.81. The van der Waals surface area contributed by atoms with Gasteiger partial charge in [-0.25, -0.2) is 18.0 Å². The van der Waals surface area contributed by atoms with Crippen LogP contribution < -0.4 is 16.0 Å². The molecule has 0 saturated heterocycles. The number of halogens is 3. The lowest BCUT2D eigenvalue weighted by molar-refractivity contribution is -0.126. The highest BCUT2D eigenvalue weighted by Crippen LogP contribution is 2.19. The van der Waals surface area contributed by atoms with Crippen molar-refractivity contribution in [3.8, 4) is 0 Å². The minimum atomic E-state index is -1.72. The number of unbranched alkanes of at least 4 members (excludes halogenated alkanes) is 1. The van der Waals surface area contributed by atoms with Crippen molar-refractivity contribution in [2.45, 2.75) is 19.8 Å². The van der Waals surface area contributed by atoms with E-state index in [1.807, 2.05) is 12.2 Å². The molecule has 31 heavy (non-hydrogen) atoms. The van der Waals surface area contributed by atoms with Crippen LogP contribution in [0.15, 0.2) is 36.4 Å².